The molecule has 112 valence electrons. The normalized spacial score (nSPS) is 10.7. The first-order valence-electron chi connectivity index (χ1n) is 6.43. The zero-order valence-electron chi connectivity index (χ0n) is 12.3. The van der Waals surface area contributed by atoms with Gasteiger partial charge in [-0.15, -0.1) is 11.3 Å². The van der Waals surface area contributed by atoms with Crippen LogP contribution in [0, 0.1) is 0 Å². The van der Waals surface area contributed by atoms with Crippen molar-refractivity contribution in [3.8, 4) is 21.9 Å². The van der Waals surface area contributed by atoms with Crippen LogP contribution in [0.1, 0.15) is 35.3 Å². The van der Waals surface area contributed by atoms with Crippen molar-refractivity contribution in [1.29, 1.82) is 0 Å². The molecule has 0 aliphatic rings. The third kappa shape index (κ3) is 3.16. The lowest BCUT2D eigenvalue weighted by Crippen LogP contribution is -2.00. The number of nitrogens with zero attached hydrogens (tertiary/aromatic N) is 1. The van der Waals surface area contributed by atoms with Gasteiger partial charge in [0, 0.05) is 17.5 Å². The Kier molecular flexibility index (Phi) is 4.47. The van der Waals surface area contributed by atoms with Crippen LogP contribution in [0.25, 0.3) is 10.4 Å². The molecule has 0 amide bonds. The Balaban J connectivity index is 2.62. The molecule has 0 fully saturated rings. The van der Waals surface area contributed by atoms with E-state index in [-0.39, 0.29) is 11.6 Å². The van der Waals surface area contributed by atoms with Gasteiger partial charge in [-0.05, 0) is 12.1 Å². The molecule has 21 heavy (non-hydrogen) atoms. The fourth-order valence-corrected chi connectivity index (χ4v) is 2.91. The first-order chi connectivity index (χ1) is 9.96. The van der Waals surface area contributed by atoms with E-state index in [9.17, 15) is 9.90 Å². The highest BCUT2D eigenvalue weighted by molar-refractivity contribution is 7.15. The molecule has 2 rings (SSSR count). The van der Waals surface area contributed by atoms with E-state index in [4.69, 9.17) is 9.47 Å². The average molecular weight is 307 g/mol. The first kappa shape index (κ1) is 15.3. The molecule has 0 saturated heterocycles. The van der Waals surface area contributed by atoms with Gasteiger partial charge in [0.1, 0.15) is 11.5 Å². The molecular weight excluding hydrogens is 290 g/mol. The van der Waals surface area contributed by atoms with Crippen LogP contribution >= 0.6 is 11.3 Å². The van der Waals surface area contributed by atoms with Gasteiger partial charge < -0.3 is 14.6 Å². The van der Waals surface area contributed by atoms with Crippen molar-refractivity contribution in [3.63, 3.8) is 0 Å². The van der Waals surface area contributed by atoms with Crippen LogP contribution in [0.3, 0.4) is 0 Å². The van der Waals surface area contributed by atoms with Gasteiger partial charge in [0.15, 0.2) is 5.69 Å². The van der Waals surface area contributed by atoms with E-state index in [2.05, 4.69) is 4.98 Å². The SMILES string of the molecule is COc1cc(OC)cc(-c2sc(C(C)C)nc2C(=O)O)c1. The predicted octanol–water partition coefficient (Wildman–Crippen LogP) is 3.65. The number of ether oxygens (including phenoxy) is 2. The Bertz CT molecular complexity index is 641. The number of thiazole rings is 1. The second kappa shape index (κ2) is 6.13. The molecule has 0 aliphatic heterocycles. The maximum absolute atomic E-state index is 11.4. The Morgan fingerprint density at radius 2 is 1.76 bits per heavy atom. The minimum Gasteiger partial charge on any atom is -0.497 e. The van der Waals surface area contributed by atoms with Crippen LogP contribution in [0.2, 0.25) is 0 Å². The summed E-state index contributed by atoms with van der Waals surface area (Å²) in [5.74, 6) is 0.365. The monoisotopic (exact) mass is 307 g/mol. The van der Waals surface area contributed by atoms with Gasteiger partial charge in [0.25, 0.3) is 0 Å². The number of benzene rings is 1. The number of methoxy groups -OCH3 is 2. The van der Waals surface area contributed by atoms with Gasteiger partial charge in [0.05, 0.1) is 24.1 Å². The number of aromatic nitrogens is 1. The summed E-state index contributed by atoms with van der Waals surface area (Å²) in [6, 6.07) is 5.31. The first-order valence-corrected chi connectivity index (χ1v) is 7.25. The second-order valence-corrected chi connectivity index (χ2v) is 5.82. The largest absolute Gasteiger partial charge is 0.497 e. The third-order valence-electron chi connectivity index (χ3n) is 2.95. The Hall–Kier alpha value is -2.08. The summed E-state index contributed by atoms with van der Waals surface area (Å²) in [6.45, 7) is 3.97. The number of carbonyl (C=O) groups is 1. The number of aromatic carboxylic acids is 1. The minimum atomic E-state index is -1.03. The Labute approximate surface area is 127 Å². The van der Waals surface area contributed by atoms with E-state index in [1.807, 2.05) is 13.8 Å². The van der Waals surface area contributed by atoms with Crippen molar-refractivity contribution in [1.82, 2.24) is 4.98 Å². The summed E-state index contributed by atoms with van der Waals surface area (Å²) < 4.78 is 10.5. The predicted molar refractivity (Wildman–Crippen MR) is 81.7 cm³/mol. The van der Waals surface area contributed by atoms with Crippen LogP contribution in [-0.4, -0.2) is 30.3 Å². The number of hydrogen-bond donors (Lipinski definition) is 1. The Morgan fingerprint density at radius 1 is 1.19 bits per heavy atom. The maximum Gasteiger partial charge on any atom is 0.356 e. The lowest BCUT2D eigenvalue weighted by molar-refractivity contribution is 0.0692. The summed E-state index contributed by atoms with van der Waals surface area (Å²) >= 11 is 1.38. The number of rotatable bonds is 5. The van der Waals surface area contributed by atoms with Gasteiger partial charge >= 0.3 is 5.97 Å². The molecule has 0 aliphatic carbocycles. The van der Waals surface area contributed by atoms with Crippen molar-refractivity contribution in [2.75, 3.05) is 14.2 Å². The maximum atomic E-state index is 11.4. The summed E-state index contributed by atoms with van der Waals surface area (Å²) in [7, 11) is 3.12. The molecule has 1 heterocycles. The van der Waals surface area contributed by atoms with Crippen LogP contribution in [-0.2, 0) is 0 Å². The molecule has 0 bridgehead atoms. The lowest BCUT2D eigenvalue weighted by Gasteiger charge is -2.07. The standard InChI is InChI=1S/C15H17NO4S/c1-8(2)14-16-12(15(17)18)13(21-14)9-5-10(19-3)7-11(6-9)20-4/h5-8H,1-4H3,(H,17,18). The van der Waals surface area contributed by atoms with E-state index >= 15 is 0 Å². The highest BCUT2D eigenvalue weighted by Gasteiger charge is 2.21. The molecule has 0 radical (unpaired) electrons. The van der Waals surface area contributed by atoms with Gasteiger partial charge in [-0.2, -0.15) is 0 Å². The van der Waals surface area contributed by atoms with Crippen molar-refractivity contribution in [2.45, 2.75) is 19.8 Å². The van der Waals surface area contributed by atoms with Crippen LogP contribution in [0.4, 0.5) is 0 Å². The fraction of sp³-hybridized carbons (Fsp3) is 0.333. The number of hydrogen-bond acceptors (Lipinski definition) is 5. The van der Waals surface area contributed by atoms with E-state index in [1.54, 1.807) is 32.4 Å². The van der Waals surface area contributed by atoms with E-state index in [0.717, 1.165) is 10.6 Å². The molecular formula is C15H17NO4S. The quantitative estimate of drug-likeness (QED) is 0.913. The molecule has 0 spiro atoms. The average Bonchev–Trinajstić information content (AvgIpc) is 2.92. The van der Waals surface area contributed by atoms with Gasteiger partial charge in [0.2, 0.25) is 0 Å². The van der Waals surface area contributed by atoms with Gasteiger partial charge in [-0.1, -0.05) is 13.8 Å². The van der Waals surface area contributed by atoms with Gasteiger partial charge in [-0.3, -0.25) is 0 Å². The lowest BCUT2D eigenvalue weighted by atomic mass is 10.1. The number of carboxylic acids is 1. The zero-order valence-corrected chi connectivity index (χ0v) is 13.2. The summed E-state index contributed by atoms with van der Waals surface area (Å²) in [6.07, 6.45) is 0. The molecule has 2 aromatic rings. The third-order valence-corrected chi connectivity index (χ3v) is 4.36. The molecule has 1 aromatic carbocycles. The van der Waals surface area contributed by atoms with E-state index in [0.29, 0.717) is 16.4 Å². The number of carboxylic acid groups (broad SMARTS) is 1. The summed E-state index contributed by atoms with van der Waals surface area (Å²) in [5, 5.41) is 10.2. The highest BCUT2D eigenvalue weighted by Crippen LogP contribution is 2.37. The molecule has 0 atom stereocenters. The van der Waals surface area contributed by atoms with Crippen LogP contribution < -0.4 is 9.47 Å². The fourth-order valence-electron chi connectivity index (χ4n) is 1.86. The van der Waals surface area contributed by atoms with Crippen molar-refractivity contribution >= 4 is 17.3 Å². The van der Waals surface area contributed by atoms with Crippen molar-refractivity contribution in [2.24, 2.45) is 0 Å². The second-order valence-electron chi connectivity index (χ2n) is 4.79. The van der Waals surface area contributed by atoms with E-state index < -0.39 is 5.97 Å². The minimum absolute atomic E-state index is 0.0685. The zero-order chi connectivity index (χ0) is 15.6. The van der Waals surface area contributed by atoms with Crippen LogP contribution in [0.15, 0.2) is 18.2 Å². The topological polar surface area (TPSA) is 68.7 Å². The van der Waals surface area contributed by atoms with Crippen molar-refractivity contribution < 1.29 is 19.4 Å². The smallest absolute Gasteiger partial charge is 0.356 e. The Morgan fingerprint density at radius 3 is 2.19 bits per heavy atom. The molecule has 5 nitrogen and oxygen atoms in total. The summed E-state index contributed by atoms with van der Waals surface area (Å²) in [5.41, 5.74) is 0.798. The molecule has 0 unspecified atom stereocenters. The summed E-state index contributed by atoms with van der Waals surface area (Å²) in [4.78, 5) is 16.3. The van der Waals surface area contributed by atoms with Crippen LogP contribution in [0.5, 0.6) is 11.5 Å². The van der Waals surface area contributed by atoms with Gasteiger partial charge in [-0.25, -0.2) is 9.78 Å². The molecule has 1 N–H and O–H groups in total. The van der Waals surface area contributed by atoms with E-state index in [1.165, 1.54) is 11.3 Å². The molecule has 6 heteroatoms. The van der Waals surface area contributed by atoms with Crippen molar-refractivity contribution in [3.05, 3.63) is 28.9 Å². The molecule has 0 saturated carbocycles. The highest BCUT2D eigenvalue weighted by atomic mass is 32.1. The molecule has 1 aromatic heterocycles.